The first-order valence-corrected chi connectivity index (χ1v) is 8.37. The van der Waals surface area contributed by atoms with Crippen molar-refractivity contribution in [2.45, 2.75) is 24.9 Å². The Morgan fingerprint density at radius 1 is 1.24 bits per heavy atom. The van der Waals surface area contributed by atoms with Crippen LogP contribution in [0.3, 0.4) is 0 Å². The van der Waals surface area contributed by atoms with Crippen molar-refractivity contribution in [3.8, 4) is 5.75 Å². The van der Waals surface area contributed by atoms with Crippen molar-refractivity contribution in [1.29, 1.82) is 0 Å². The summed E-state index contributed by atoms with van der Waals surface area (Å²) >= 11 is 0. The van der Waals surface area contributed by atoms with Crippen LogP contribution in [0.1, 0.15) is 34.3 Å². The summed E-state index contributed by atoms with van der Waals surface area (Å²) in [6.45, 7) is 0. The Kier molecular flexibility index (Phi) is 3.62. The van der Waals surface area contributed by atoms with Gasteiger partial charge in [-0.05, 0) is 49.1 Å². The minimum Gasteiger partial charge on any atom is -0.497 e. The van der Waals surface area contributed by atoms with Crippen molar-refractivity contribution in [3.63, 3.8) is 0 Å². The SMILES string of the molecule is COc1ccc2c(c1)CCC(CC1(O)C(=O)Nc3ccccc31)C2=O. The second kappa shape index (κ2) is 5.70. The predicted octanol–water partition coefficient (Wildman–Crippen LogP) is 2.67. The van der Waals surface area contributed by atoms with Gasteiger partial charge < -0.3 is 15.2 Å². The second-order valence-corrected chi connectivity index (χ2v) is 6.69. The van der Waals surface area contributed by atoms with E-state index >= 15 is 0 Å². The van der Waals surface area contributed by atoms with E-state index in [2.05, 4.69) is 5.32 Å². The lowest BCUT2D eigenvalue weighted by atomic mass is 9.75. The lowest BCUT2D eigenvalue weighted by Crippen LogP contribution is -2.39. The van der Waals surface area contributed by atoms with Gasteiger partial charge in [0.1, 0.15) is 5.75 Å². The maximum Gasteiger partial charge on any atom is 0.261 e. The van der Waals surface area contributed by atoms with E-state index in [1.165, 1.54) is 0 Å². The molecule has 2 aromatic rings. The molecule has 1 heterocycles. The van der Waals surface area contributed by atoms with Crippen LogP contribution >= 0.6 is 0 Å². The van der Waals surface area contributed by atoms with Gasteiger partial charge in [0.05, 0.1) is 7.11 Å². The number of anilines is 1. The monoisotopic (exact) mass is 337 g/mol. The van der Waals surface area contributed by atoms with Gasteiger partial charge in [-0.2, -0.15) is 0 Å². The molecule has 2 unspecified atom stereocenters. The Labute approximate surface area is 145 Å². The number of benzene rings is 2. The maximum absolute atomic E-state index is 12.9. The van der Waals surface area contributed by atoms with E-state index in [9.17, 15) is 14.7 Å². The standard InChI is InChI=1S/C20H19NO4/c1-25-14-8-9-15-12(10-14)6-7-13(18(15)22)11-20(24)16-4-2-3-5-17(16)21-19(20)23/h2-5,8-10,13,24H,6-7,11H2,1H3,(H,21,23). The minimum absolute atomic E-state index is 0.0190. The molecular formula is C20H19NO4. The summed E-state index contributed by atoms with van der Waals surface area (Å²) in [5.74, 6) is -0.132. The molecule has 0 fully saturated rings. The highest BCUT2D eigenvalue weighted by atomic mass is 16.5. The lowest BCUT2D eigenvalue weighted by Gasteiger charge is -2.29. The minimum atomic E-state index is -1.65. The lowest BCUT2D eigenvalue weighted by molar-refractivity contribution is -0.135. The summed E-state index contributed by atoms with van der Waals surface area (Å²) in [7, 11) is 1.60. The number of ether oxygens (including phenoxy) is 1. The van der Waals surface area contributed by atoms with Gasteiger partial charge in [0.15, 0.2) is 11.4 Å². The first-order chi connectivity index (χ1) is 12.0. The normalized spacial score (nSPS) is 24.5. The van der Waals surface area contributed by atoms with Crippen LogP contribution in [0.2, 0.25) is 0 Å². The van der Waals surface area contributed by atoms with Crippen molar-refractivity contribution in [1.82, 2.24) is 0 Å². The molecule has 25 heavy (non-hydrogen) atoms. The molecule has 1 aliphatic carbocycles. The average Bonchev–Trinajstić information content (AvgIpc) is 2.88. The molecule has 0 bridgehead atoms. The number of hydrogen-bond acceptors (Lipinski definition) is 4. The van der Waals surface area contributed by atoms with Crippen molar-refractivity contribution < 1.29 is 19.4 Å². The number of nitrogens with one attached hydrogen (secondary N) is 1. The second-order valence-electron chi connectivity index (χ2n) is 6.69. The van der Waals surface area contributed by atoms with Gasteiger partial charge in [-0.3, -0.25) is 9.59 Å². The average molecular weight is 337 g/mol. The van der Waals surface area contributed by atoms with Gasteiger partial charge in [-0.15, -0.1) is 0 Å². The summed E-state index contributed by atoms with van der Waals surface area (Å²) < 4.78 is 5.21. The molecule has 0 spiro atoms. The fourth-order valence-corrected chi connectivity index (χ4v) is 3.88. The number of para-hydroxylation sites is 1. The number of Topliss-reactive ketones (excluding diaryl/α,β-unsaturated/α-hetero) is 1. The van der Waals surface area contributed by atoms with Crippen LogP contribution < -0.4 is 10.1 Å². The molecule has 5 nitrogen and oxygen atoms in total. The summed E-state index contributed by atoms with van der Waals surface area (Å²) in [4.78, 5) is 25.3. The number of carbonyl (C=O) groups excluding carboxylic acids is 2. The first-order valence-electron chi connectivity index (χ1n) is 8.37. The molecule has 0 aromatic heterocycles. The molecule has 0 radical (unpaired) electrons. The largest absolute Gasteiger partial charge is 0.497 e. The number of aryl methyl sites for hydroxylation is 1. The smallest absolute Gasteiger partial charge is 0.261 e. The third-order valence-corrected chi connectivity index (χ3v) is 5.25. The topological polar surface area (TPSA) is 75.6 Å². The number of carbonyl (C=O) groups is 2. The van der Waals surface area contributed by atoms with Gasteiger partial charge in [0, 0.05) is 22.7 Å². The van der Waals surface area contributed by atoms with Crippen molar-refractivity contribution in [3.05, 3.63) is 59.2 Å². The number of rotatable bonds is 3. The van der Waals surface area contributed by atoms with Crippen molar-refractivity contribution in [2.75, 3.05) is 12.4 Å². The Morgan fingerprint density at radius 3 is 2.84 bits per heavy atom. The predicted molar refractivity (Wildman–Crippen MR) is 92.7 cm³/mol. The van der Waals surface area contributed by atoms with Crippen LogP contribution in [0.25, 0.3) is 0 Å². The highest BCUT2D eigenvalue weighted by Gasteiger charge is 2.48. The van der Waals surface area contributed by atoms with E-state index in [-0.39, 0.29) is 18.1 Å². The molecule has 1 amide bonds. The van der Waals surface area contributed by atoms with Gasteiger partial charge in [-0.1, -0.05) is 18.2 Å². The molecule has 128 valence electrons. The molecule has 2 aromatic carbocycles. The number of ketones is 1. The molecule has 5 heteroatoms. The highest BCUT2D eigenvalue weighted by Crippen LogP contribution is 2.42. The Hall–Kier alpha value is -2.66. The maximum atomic E-state index is 12.9. The van der Waals surface area contributed by atoms with Crippen molar-refractivity contribution in [2.24, 2.45) is 5.92 Å². The van der Waals surface area contributed by atoms with Gasteiger partial charge in [0.2, 0.25) is 0 Å². The van der Waals surface area contributed by atoms with E-state index in [4.69, 9.17) is 4.74 Å². The Morgan fingerprint density at radius 2 is 2.04 bits per heavy atom. The number of amides is 1. The number of fused-ring (bicyclic) bond motifs is 2. The van der Waals surface area contributed by atoms with Crippen LogP contribution in [0.15, 0.2) is 42.5 Å². The first kappa shape index (κ1) is 15.8. The zero-order chi connectivity index (χ0) is 17.6. The van der Waals surface area contributed by atoms with Gasteiger partial charge in [0.25, 0.3) is 5.91 Å². The third kappa shape index (κ3) is 2.43. The van der Waals surface area contributed by atoms with Gasteiger partial charge >= 0.3 is 0 Å². The van der Waals surface area contributed by atoms with Crippen LogP contribution in [0.4, 0.5) is 5.69 Å². The quantitative estimate of drug-likeness (QED) is 0.903. The van der Waals surface area contributed by atoms with Crippen LogP contribution in [0, 0.1) is 5.92 Å². The Balaban J connectivity index is 1.64. The summed E-state index contributed by atoms with van der Waals surface area (Å²) in [6, 6.07) is 12.5. The zero-order valence-electron chi connectivity index (χ0n) is 13.9. The van der Waals surface area contributed by atoms with Crippen LogP contribution in [-0.4, -0.2) is 23.9 Å². The van der Waals surface area contributed by atoms with E-state index in [0.29, 0.717) is 23.2 Å². The van der Waals surface area contributed by atoms with E-state index < -0.39 is 11.5 Å². The highest BCUT2D eigenvalue weighted by molar-refractivity contribution is 6.06. The molecule has 2 aliphatic rings. The molecule has 0 saturated heterocycles. The Bertz CT molecular complexity index is 876. The van der Waals surface area contributed by atoms with E-state index in [1.807, 2.05) is 6.07 Å². The summed E-state index contributed by atoms with van der Waals surface area (Å²) in [5, 5.41) is 13.7. The summed E-state index contributed by atoms with van der Waals surface area (Å²) in [6.07, 6.45) is 1.43. The molecule has 1 aliphatic heterocycles. The number of methoxy groups -OCH3 is 1. The van der Waals surface area contributed by atoms with Gasteiger partial charge in [-0.25, -0.2) is 0 Å². The molecule has 2 atom stereocenters. The zero-order valence-corrected chi connectivity index (χ0v) is 13.9. The van der Waals surface area contributed by atoms with E-state index in [0.717, 1.165) is 17.7 Å². The van der Waals surface area contributed by atoms with E-state index in [1.54, 1.807) is 43.5 Å². The fourth-order valence-electron chi connectivity index (χ4n) is 3.88. The number of hydrogen-bond donors (Lipinski definition) is 2. The third-order valence-electron chi connectivity index (χ3n) is 5.25. The summed E-state index contributed by atoms with van der Waals surface area (Å²) in [5.41, 5.74) is 1.13. The molecule has 4 rings (SSSR count). The molecule has 2 N–H and O–H groups in total. The van der Waals surface area contributed by atoms with Crippen molar-refractivity contribution >= 4 is 17.4 Å². The fraction of sp³-hybridized carbons (Fsp3) is 0.300. The molecular weight excluding hydrogens is 318 g/mol. The molecule has 0 saturated carbocycles. The van der Waals surface area contributed by atoms with Crippen LogP contribution in [-0.2, 0) is 16.8 Å². The number of aliphatic hydroxyl groups is 1. The van der Waals surface area contributed by atoms with Crippen LogP contribution in [0.5, 0.6) is 5.75 Å².